The fourth-order valence-electron chi connectivity index (χ4n) is 1.61. The number of ether oxygens (including phenoxy) is 1. The molecule has 0 amide bonds. The Morgan fingerprint density at radius 3 is 2.70 bits per heavy atom. The lowest BCUT2D eigenvalue weighted by atomic mass is 10.3. The van der Waals surface area contributed by atoms with Crippen molar-refractivity contribution in [3.05, 3.63) is 35.8 Å². The van der Waals surface area contributed by atoms with Crippen LogP contribution >= 0.6 is 0 Å². The first-order valence-corrected chi connectivity index (χ1v) is 7.35. The molecule has 0 bridgehead atoms. The van der Waals surface area contributed by atoms with Crippen molar-refractivity contribution in [2.45, 2.75) is 18.2 Å². The summed E-state index contributed by atoms with van der Waals surface area (Å²) in [7, 11) is -2.58. The third-order valence-electron chi connectivity index (χ3n) is 2.68. The number of benzene rings is 1. The molecule has 1 heterocycles. The molecule has 1 aromatic heterocycles. The first kappa shape index (κ1) is 14.3. The number of methoxy groups -OCH3 is 1. The van der Waals surface area contributed by atoms with Gasteiger partial charge in [0.25, 0.3) is 10.0 Å². The molecule has 0 fully saturated rings. The topological polar surface area (TPSA) is 84.1 Å². The van der Waals surface area contributed by atoms with Crippen molar-refractivity contribution in [2.75, 3.05) is 11.8 Å². The molecular formula is C12H14FN3O3S. The Kier molecular flexibility index (Phi) is 3.93. The molecule has 6 nitrogen and oxygen atoms in total. The van der Waals surface area contributed by atoms with Crippen molar-refractivity contribution >= 4 is 15.8 Å². The molecule has 0 atom stereocenters. The largest absolute Gasteiger partial charge is 0.494 e. The van der Waals surface area contributed by atoms with E-state index in [9.17, 15) is 12.8 Å². The molecule has 0 aliphatic carbocycles. The molecule has 0 saturated heterocycles. The fourth-order valence-corrected chi connectivity index (χ4v) is 2.61. The van der Waals surface area contributed by atoms with Gasteiger partial charge in [0.05, 0.1) is 12.0 Å². The number of sulfonamides is 1. The molecular weight excluding hydrogens is 285 g/mol. The van der Waals surface area contributed by atoms with Gasteiger partial charge in [-0.25, -0.2) is 12.8 Å². The van der Waals surface area contributed by atoms with E-state index in [4.69, 9.17) is 4.74 Å². The zero-order chi connectivity index (χ0) is 14.8. The molecule has 0 aliphatic heterocycles. The van der Waals surface area contributed by atoms with Crippen molar-refractivity contribution < 1.29 is 17.5 Å². The number of hydrogen-bond acceptors (Lipinski definition) is 4. The SMILES string of the molecule is CCc1cc(NS(=O)(=O)c2ccc(OC)c(F)c2)n[nH]1. The van der Waals surface area contributed by atoms with Crippen LogP contribution in [0.4, 0.5) is 10.2 Å². The van der Waals surface area contributed by atoms with Crippen LogP contribution in [0.2, 0.25) is 0 Å². The predicted molar refractivity (Wildman–Crippen MR) is 71.7 cm³/mol. The summed E-state index contributed by atoms with van der Waals surface area (Å²) in [4.78, 5) is -0.197. The quantitative estimate of drug-likeness (QED) is 0.883. The Morgan fingerprint density at radius 2 is 2.15 bits per heavy atom. The standard InChI is InChI=1S/C12H14FN3O3S/c1-3-8-6-12(15-14-8)16-20(17,18)9-4-5-11(19-2)10(13)7-9/h4-7H,3H2,1-2H3,(H2,14,15,16). The van der Waals surface area contributed by atoms with Crippen LogP contribution in [0.15, 0.2) is 29.2 Å². The number of anilines is 1. The van der Waals surface area contributed by atoms with Gasteiger partial charge >= 0.3 is 0 Å². The third kappa shape index (κ3) is 2.90. The summed E-state index contributed by atoms with van der Waals surface area (Å²) in [5, 5.41) is 6.51. The second kappa shape index (κ2) is 5.49. The Bertz CT molecular complexity index is 712. The normalized spacial score (nSPS) is 11.3. The van der Waals surface area contributed by atoms with Gasteiger partial charge in [-0.1, -0.05) is 6.92 Å². The molecule has 2 rings (SSSR count). The highest BCUT2D eigenvalue weighted by atomic mass is 32.2. The average molecular weight is 299 g/mol. The van der Waals surface area contributed by atoms with Gasteiger partial charge in [0.2, 0.25) is 0 Å². The Hall–Kier alpha value is -2.09. The highest BCUT2D eigenvalue weighted by molar-refractivity contribution is 7.92. The molecule has 0 aliphatic rings. The van der Waals surface area contributed by atoms with E-state index in [1.54, 1.807) is 6.07 Å². The van der Waals surface area contributed by atoms with Gasteiger partial charge in [-0.05, 0) is 24.6 Å². The number of aryl methyl sites for hydroxylation is 1. The van der Waals surface area contributed by atoms with Gasteiger partial charge in [0.1, 0.15) is 0 Å². The summed E-state index contributed by atoms with van der Waals surface area (Å²) in [5.74, 6) is -0.596. The minimum Gasteiger partial charge on any atom is -0.494 e. The zero-order valence-electron chi connectivity index (χ0n) is 11.0. The molecule has 2 aromatic rings. The van der Waals surface area contributed by atoms with E-state index in [1.165, 1.54) is 19.2 Å². The van der Waals surface area contributed by atoms with Crippen molar-refractivity contribution in [2.24, 2.45) is 0 Å². The molecule has 0 unspecified atom stereocenters. The van der Waals surface area contributed by atoms with E-state index in [0.29, 0.717) is 6.42 Å². The molecule has 20 heavy (non-hydrogen) atoms. The van der Waals surface area contributed by atoms with Crippen molar-refractivity contribution in [1.82, 2.24) is 10.2 Å². The van der Waals surface area contributed by atoms with E-state index < -0.39 is 15.8 Å². The third-order valence-corrected chi connectivity index (χ3v) is 4.04. The second-order valence-corrected chi connectivity index (χ2v) is 5.72. The highest BCUT2D eigenvalue weighted by Crippen LogP contribution is 2.22. The maximum absolute atomic E-state index is 13.5. The smallest absolute Gasteiger partial charge is 0.263 e. The molecule has 2 N–H and O–H groups in total. The number of halogens is 1. The van der Waals surface area contributed by atoms with Crippen LogP contribution in [0.1, 0.15) is 12.6 Å². The minimum atomic E-state index is -3.88. The Labute approximate surface area is 116 Å². The lowest BCUT2D eigenvalue weighted by molar-refractivity contribution is 0.385. The molecule has 0 radical (unpaired) electrons. The number of nitrogens with one attached hydrogen (secondary N) is 2. The van der Waals surface area contributed by atoms with E-state index in [2.05, 4.69) is 14.9 Å². The highest BCUT2D eigenvalue weighted by Gasteiger charge is 2.18. The number of hydrogen-bond donors (Lipinski definition) is 2. The molecule has 0 saturated carbocycles. The van der Waals surface area contributed by atoms with Crippen LogP contribution in [0.3, 0.4) is 0 Å². The Morgan fingerprint density at radius 1 is 1.40 bits per heavy atom. The van der Waals surface area contributed by atoms with E-state index in [-0.39, 0.29) is 16.5 Å². The van der Waals surface area contributed by atoms with E-state index in [0.717, 1.165) is 11.8 Å². The number of nitrogens with zero attached hydrogens (tertiary/aromatic N) is 1. The van der Waals surface area contributed by atoms with Gasteiger partial charge in [0, 0.05) is 11.8 Å². The average Bonchev–Trinajstić information content (AvgIpc) is 2.85. The lowest BCUT2D eigenvalue weighted by Crippen LogP contribution is -2.13. The van der Waals surface area contributed by atoms with Crippen LogP contribution in [-0.4, -0.2) is 25.7 Å². The van der Waals surface area contributed by atoms with Gasteiger partial charge in [-0.3, -0.25) is 9.82 Å². The maximum Gasteiger partial charge on any atom is 0.263 e. The summed E-state index contributed by atoms with van der Waals surface area (Å²) < 4.78 is 44.7. The summed E-state index contributed by atoms with van der Waals surface area (Å²) in [5.41, 5.74) is 0.795. The van der Waals surface area contributed by atoms with Crippen molar-refractivity contribution in [3.8, 4) is 5.75 Å². The van der Waals surface area contributed by atoms with Crippen molar-refractivity contribution in [3.63, 3.8) is 0 Å². The predicted octanol–water partition coefficient (Wildman–Crippen LogP) is 1.92. The number of rotatable bonds is 5. The molecule has 108 valence electrons. The number of H-pyrrole nitrogens is 1. The van der Waals surface area contributed by atoms with Gasteiger partial charge < -0.3 is 4.74 Å². The number of aromatic amines is 1. The van der Waals surface area contributed by atoms with Crippen LogP contribution in [0, 0.1) is 5.82 Å². The fraction of sp³-hybridized carbons (Fsp3) is 0.250. The number of aromatic nitrogens is 2. The first-order valence-electron chi connectivity index (χ1n) is 5.87. The Balaban J connectivity index is 2.28. The summed E-state index contributed by atoms with van der Waals surface area (Å²) in [6.07, 6.45) is 0.700. The lowest BCUT2D eigenvalue weighted by Gasteiger charge is -2.07. The maximum atomic E-state index is 13.5. The van der Waals surface area contributed by atoms with Crippen LogP contribution in [0.5, 0.6) is 5.75 Å². The van der Waals surface area contributed by atoms with Crippen LogP contribution in [-0.2, 0) is 16.4 Å². The van der Waals surface area contributed by atoms with Crippen LogP contribution in [0.25, 0.3) is 0 Å². The van der Waals surface area contributed by atoms with E-state index >= 15 is 0 Å². The van der Waals surface area contributed by atoms with E-state index in [1.807, 2.05) is 6.92 Å². The molecule has 8 heteroatoms. The van der Waals surface area contributed by atoms with Crippen molar-refractivity contribution in [1.29, 1.82) is 0 Å². The summed E-state index contributed by atoms with van der Waals surface area (Å²) >= 11 is 0. The minimum absolute atomic E-state index is 0.0167. The van der Waals surface area contributed by atoms with Gasteiger partial charge in [-0.2, -0.15) is 5.10 Å². The summed E-state index contributed by atoms with van der Waals surface area (Å²) in [6.45, 7) is 1.91. The zero-order valence-corrected chi connectivity index (χ0v) is 11.8. The van der Waals surface area contributed by atoms with Gasteiger partial charge in [-0.15, -0.1) is 0 Å². The molecule has 0 spiro atoms. The second-order valence-electron chi connectivity index (χ2n) is 4.03. The monoisotopic (exact) mass is 299 g/mol. The van der Waals surface area contributed by atoms with Gasteiger partial charge in [0.15, 0.2) is 17.4 Å². The summed E-state index contributed by atoms with van der Waals surface area (Å²) in [6, 6.07) is 5.00. The first-order chi connectivity index (χ1) is 9.46. The molecule has 1 aromatic carbocycles. The van der Waals surface area contributed by atoms with Crippen LogP contribution < -0.4 is 9.46 Å².